The first-order valence-corrected chi connectivity index (χ1v) is 13.1. The number of thioether (sulfide) groups is 1. The van der Waals surface area contributed by atoms with Crippen LogP contribution in [0.25, 0.3) is 18.2 Å². The third-order valence-corrected chi connectivity index (χ3v) is 7.74. The van der Waals surface area contributed by atoms with E-state index in [4.69, 9.17) is 10.4 Å². The molecule has 1 radical (unpaired) electrons. The Morgan fingerprint density at radius 1 is 1.00 bits per heavy atom. The lowest BCUT2D eigenvalue weighted by molar-refractivity contribution is -0.132. The van der Waals surface area contributed by atoms with Crippen LogP contribution in [0.5, 0.6) is 0 Å². The number of hydrogen-bond donors (Lipinski definition) is 1. The number of benzene rings is 3. The lowest BCUT2D eigenvalue weighted by atomic mass is 9.95. The smallest absolute Gasteiger partial charge is 0.346 e. The molecule has 2 unspecified atom stereocenters. The summed E-state index contributed by atoms with van der Waals surface area (Å²) in [7, 11) is 0. The van der Waals surface area contributed by atoms with Crippen LogP contribution in [-0.4, -0.2) is 17.1 Å². The molecule has 1 saturated carbocycles. The van der Waals surface area contributed by atoms with Gasteiger partial charge in [-0.2, -0.15) is 5.26 Å². The highest BCUT2D eigenvalue weighted by Crippen LogP contribution is 2.52. The molecule has 5 heteroatoms. The molecule has 1 aliphatic carbocycles. The average molecular weight is 492 g/mol. The van der Waals surface area contributed by atoms with E-state index in [2.05, 4.69) is 72.2 Å². The maximum absolute atomic E-state index is 11.0. The van der Waals surface area contributed by atoms with Crippen molar-refractivity contribution in [1.29, 1.82) is 5.26 Å². The van der Waals surface area contributed by atoms with E-state index >= 15 is 0 Å². The fourth-order valence-corrected chi connectivity index (χ4v) is 5.91. The number of hydrogen-bond acceptors (Lipinski definition) is 4. The van der Waals surface area contributed by atoms with Crippen LogP contribution in [0.3, 0.4) is 0 Å². The van der Waals surface area contributed by atoms with Gasteiger partial charge < -0.3 is 10.0 Å². The molecule has 0 amide bonds. The Morgan fingerprint density at radius 3 is 2.39 bits per heavy atom. The monoisotopic (exact) mass is 491 g/mol. The standard InChI is InChI=1S/C31H27N2O2S/c1-2-36-26-15-13-25(14-16-26)33-29-5-3-4-27(29)28-19-23(12-17-30(28)33)11-8-21-6-9-22(10-7-21)18-24(20-32)31(34)35/h2,6-19,27,29H,3-5H2,1H3,(H,34,35). The third kappa shape index (κ3) is 4.82. The molecule has 1 aliphatic heterocycles. The van der Waals surface area contributed by atoms with Gasteiger partial charge in [0.25, 0.3) is 0 Å². The summed E-state index contributed by atoms with van der Waals surface area (Å²) in [5, 5.41) is 18.0. The van der Waals surface area contributed by atoms with Gasteiger partial charge in [-0.05, 0) is 77.6 Å². The number of nitriles is 1. The highest BCUT2D eigenvalue weighted by atomic mass is 32.2. The molecule has 0 spiro atoms. The molecule has 179 valence electrons. The van der Waals surface area contributed by atoms with Crippen molar-refractivity contribution < 1.29 is 9.90 Å². The fourth-order valence-electron chi connectivity index (χ4n) is 5.34. The summed E-state index contributed by atoms with van der Waals surface area (Å²) in [6, 6.07) is 25.5. The second-order valence-corrected chi connectivity index (χ2v) is 10.3. The Hall–Kier alpha value is -3.75. The molecule has 36 heavy (non-hydrogen) atoms. The summed E-state index contributed by atoms with van der Waals surface area (Å²) in [5.41, 5.74) is 6.65. The predicted octanol–water partition coefficient (Wildman–Crippen LogP) is 7.91. The molecule has 3 aromatic rings. The van der Waals surface area contributed by atoms with Crippen LogP contribution < -0.4 is 4.90 Å². The van der Waals surface area contributed by atoms with Crippen LogP contribution in [0.2, 0.25) is 0 Å². The highest BCUT2D eigenvalue weighted by molar-refractivity contribution is 8.01. The second-order valence-electron chi connectivity index (χ2n) is 9.12. The van der Waals surface area contributed by atoms with Crippen LogP contribution in [-0.2, 0) is 4.79 Å². The molecule has 1 N–H and O–H groups in total. The highest BCUT2D eigenvalue weighted by Gasteiger charge is 2.42. The topological polar surface area (TPSA) is 64.3 Å². The largest absolute Gasteiger partial charge is 0.477 e. The van der Waals surface area contributed by atoms with E-state index in [1.807, 2.05) is 24.3 Å². The number of anilines is 2. The fraction of sp³-hybridized carbons (Fsp3) is 0.194. The summed E-state index contributed by atoms with van der Waals surface area (Å²) in [5.74, 6) is 1.46. The van der Waals surface area contributed by atoms with Crippen LogP contribution >= 0.6 is 11.8 Å². The normalized spacial score (nSPS) is 18.8. The molecule has 4 nitrogen and oxygen atoms in total. The zero-order valence-electron chi connectivity index (χ0n) is 20.1. The summed E-state index contributed by atoms with van der Waals surface area (Å²) in [6.07, 6.45) is 9.30. The maximum atomic E-state index is 11.0. The van der Waals surface area contributed by atoms with Gasteiger partial charge in [0.1, 0.15) is 11.6 Å². The molecule has 1 fully saturated rings. The Kier molecular flexibility index (Phi) is 6.97. The van der Waals surface area contributed by atoms with E-state index in [0.29, 0.717) is 17.5 Å². The van der Waals surface area contributed by atoms with Gasteiger partial charge in [0.2, 0.25) is 0 Å². The Bertz CT molecular complexity index is 1370. The van der Waals surface area contributed by atoms with E-state index in [1.165, 1.54) is 52.7 Å². The molecule has 0 aromatic heterocycles. The zero-order chi connectivity index (χ0) is 25.1. The number of carbonyl (C=O) groups is 1. The quantitative estimate of drug-likeness (QED) is 0.157. The second kappa shape index (κ2) is 10.5. The van der Waals surface area contributed by atoms with Crippen molar-refractivity contribution in [2.24, 2.45) is 0 Å². The number of fused-ring (bicyclic) bond motifs is 3. The number of rotatable bonds is 7. The number of nitrogens with zero attached hydrogens (tertiary/aromatic N) is 2. The van der Waals surface area contributed by atoms with Gasteiger partial charge in [-0.3, -0.25) is 0 Å². The summed E-state index contributed by atoms with van der Waals surface area (Å²) >= 11 is 1.75. The van der Waals surface area contributed by atoms with Crippen LogP contribution in [0.4, 0.5) is 11.4 Å². The van der Waals surface area contributed by atoms with Gasteiger partial charge in [-0.1, -0.05) is 55.8 Å². The molecule has 2 atom stereocenters. The van der Waals surface area contributed by atoms with Crippen molar-refractivity contribution in [1.82, 2.24) is 0 Å². The van der Waals surface area contributed by atoms with E-state index in [1.54, 1.807) is 17.8 Å². The van der Waals surface area contributed by atoms with E-state index in [-0.39, 0.29) is 5.57 Å². The Balaban J connectivity index is 1.37. The molecular weight excluding hydrogens is 464 g/mol. The van der Waals surface area contributed by atoms with Crippen molar-refractivity contribution in [3.05, 3.63) is 100 Å². The number of carboxylic acids is 1. The van der Waals surface area contributed by atoms with Gasteiger partial charge in [0.05, 0.1) is 0 Å². The Labute approximate surface area is 216 Å². The lowest BCUT2D eigenvalue weighted by Crippen LogP contribution is -2.26. The summed E-state index contributed by atoms with van der Waals surface area (Å²) in [4.78, 5) is 14.9. The van der Waals surface area contributed by atoms with Gasteiger partial charge in [-0.25, -0.2) is 4.79 Å². The first-order chi connectivity index (χ1) is 17.6. The summed E-state index contributed by atoms with van der Waals surface area (Å²) < 4.78 is 0. The minimum Gasteiger partial charge on any atom is -0.477 e. The molecule has 3 aromatic carbocycles. The third-order valence-electron chi connectivity index (χ3n) is 6.96. The minimum absolute atomic E-state index is 0.273. The number of carboxylic acid groups (broad SMARTS) is 1. The summed E-state index contributed by atoms with van der Waals surface area (Å²) in [6.45, 7) is 2.06. The van der Waals surface area contributed by atoms with Crippen LogP contribution in [0.15, 0.2) is 77.2 Å². The lowest BCUT2D eigenvalue weighted by Gasteiger charge is -2.27. The first-order valence-electron chi connectivity index (χ1n) is 12.2. The van der Waals surface area contributed by atoms with Gasteiger partial charge in [0.15, 0.2) is 0 Å². The number of aliphatic carboxylic acids is 1. The predicted molar refractivity (Wildman–Crippen MR) is 148 cm³/mol. The van der Waals surface area contributed by atoms with Crippen molar-refractivity contribution in [3.8, 4) is 6.07 Å². The van der Waals surface area contributed by atoms with E-state index in [9.17, 15) is 4.79 Å². The zero-order valence-corrected chi connectivity index (χ0v) is 20.9. The molecular formula is C31H27N2O2S. The van der Waals surface area contributed by atoms with Crippen molar-refractivity contribution in [2.45, 2.75) is 43.0 Å². The van der Waals surface area contributed by atoms with E-state index in [0.717, 1.165) is 5.56 Å². The van der Waals surface area contributed by atoms with E-state index < -0.39 is 5.97 Å². The van der Waals surface area contributed by atoms with Crippen molar-refractivity contribution >= 4 is 47.3 Å². The maximum Gasteiger partial charge on any atom is 0.346 e. The van der Waals surface area contributed by atoms with Gasteiger partial charge >= 0.3 is 5.97 Å². The van der Waals surface area contributed by atoms with Crippen LogP contribution in [0.1, 0.15) is 54.4 Å². The van der Waals surface area contributed by atoms with Gasteiger partial charge in [-0.15, -0.1) is 11.8 Å². The first kappa shape index (κ1) is 24.0. The SMILES string of the molecule is C[CH]Sc1ccc(N2c3ccc(C=Cc4ccc(C=C(C#N)C(=O)O)cc4)cc3C3CCCC32)cc1. The average Bonchev–Trinajstić information content (AvgIpc) is 3.48. The van der Waals surface area contributed by atoms with Gasteiger partial charge in [0, 0.05) is 34.0 Å². The molecule has 1 heterocycles. The van der Waals surface area contributed by atoms with Crippen molar-refractivity contribution in [3.63, 3.8) is 0 Å². The molecule has 2 aliphatic rings. The molecule has 0 saturated heterocycles. The minimum atomic E-state index is -1.22. The molecule has 5 rings (SSSR count). The van der Waals surface area contributed by atoms with Crippen LogP contribution in [0, 0.1) is 17.1 Å². The Morgan fingerprint density at radius 2 is 1.69 bits per heavy atom. The van der Waals surface area contributed by atoms with Crippen molar-refractivity contribution in [2.75, 3.05) is 4.90 Å². The molecule has 0 bridgehead atoms.